The fourth-order valence-electron chi connectivity index (χ4n) is 1.67. The molecule has 0 radical (unpaired) electrons. The second-order valence-electron chi connectivity index (χ2n) is 6.29. The number of nitrogens with two attached hydrogens (primary N) is 1. The van der Waals surface area contributed by atoms with Crippen LogP contribution in [0.5, 0.6) is 0 Å². The number of aryl methyl sites for hydroxylation is 1. The molecule has 3 nitrogen and oxygen atoms in total. The minimum absolute atomic E-state index is 0.254. The third kappa shape index (κ3) is 4.48. The van der Waals surface area contributed by atoms with Gasteiger partial charge in [0.25, 0.3) is 0 Å². The van der Waals surface area contributed by atoms with Crippen LogP contribution in [-0.2, 0) is 13.0 Å². The molecule has 0 atom stereocenters. The van der Waals surface area contributed by atoms with Gasteiger partial charge in [0, 0.05) is 6.54 Å². The molecule has 0 fully saturated rings. The zero-order valence-corrected chi connectivity index (χ0v) is 13.7. The molecule has 2 N–H and O–H groups in total. The Bertz CT molecular complexity index is 375. The molecule has 0 spiro atoms. The van der Waals surface area contributed by atoms with Gasteiger partial charge in [-0.05, 0) is 46.8 Å². The van der Waals surface area contributed by atoms with Crippen LogP contribution in [0.1, 0.15) is 46.7 Å². The lowest BCUT2D eigenvalue weighted by Gasteiger charge is -2.16. The predicted molar refractivity (Wildman–Crippen MR) is 82.0 cm³/mol. The van der Waals surface area contributed by atoms with Crippen molar-refractivity contribution in [2.45, 2.75) is 54.0 Å². The van der Waals surface area contributed by atoms with Crippen LogP contribution in [0.2, 0.25) is 0 Å². The lowest BCUT2D eigenvalue weighted by atomic mass is 9.91. The summed E-state index contributed by atoms with van der Waals surface area (Å²) < 4.78 is 3.09. The molecule has 0 bridgehead atoms. The van der Waals surface area contributed by atoms with Crippen LogP contribution in [0.15, 0.2) is 0 Å². The van der Waals surface area contributed by atoms with Gasteiger partial charge in [-0.25, -0.2) is 4.68 Å². The van der Waals surface area contributed by atoms with Crippen molar-refractivity contribution in [3.8, 4) is 0 Å². The molecule has 1 aromatic heterocycles. The summed E-state index contributed by atoms with van der Waals surface area (Å²) >= 11 is 2.31. The van der Waals surface area contributed by atoms with Gasteiger partial charge in [-0.1, -0.05) is 34.6 Å². The van der Waals surface area contributed by atoms with Crippen LogP contribution < -0.4 is 5.73 Å². The normalized spacial score (nSPS) is 12.4. The van der Waals surface area contributed by atoms with E-state index < -0.39 is 0 Å². The van der Waals surface area contributed by atoms with Gasteiger partial charge in [0.1, 0.15) is 5.82 Å². The smallest absolute Gasteiger partial charge is 0.135 e. The zero-order chi connectivity index (χ0) is 13.2. The highest BCUT2D eigenvalue weighted by Gasteiger charge is 2.19. The average molecular weight is 349 g/mol. The van der Waals surface area contributed by atoms with Gasteiger partial charge in [-0.2, -0.15) is 5.10 Å². The van der Waals surface area contributed by atoms with E-state index in [0.29, 0.717) is 5.92 Å². The van der Waals surface area contributed by atoms with Crippen LogP contribution in [0.3, 0.4) is 0 Å². The Hall–Kier alpha value is -0.260. The number of hydrogen-bond acceptors (Lipinski definition) is 2. The number of hydrogen-bond donors (Lipinski definition) is 1. The Morgan fingerprint density at radius 2 is 1.94 bits per heavy atom. The van der Waals surface area contributed by atoms with Crippen LogP contribution in [-0.4, -0.2) is 9.78 Å². The molecule has 0 aliphatic rings. The Morgan fingerprint density at radius 3 is 2.41 bits per heavy atom. The first kappa shape index (κ1) is 14.8. The van der Waals surface area contributed by atoms with Crippen LogP contribution in [0, 0.1) is 14.9 Å². The third-order valence-electron chi connectivity index (χ3n) is 2.61. The monoisotopic (exact) mass is 349 g/mol. The van der Waals surface area contributed by atoms with Crippen LogP contribution >= 0.6 is 22.6 Å². The molecule has 1 rings (SSSR count). The summed E-state index contributed by atoms with van der Waals surface area (Å²) in [5.41, 5.74) is 7.49. The van der Waals surface area contributed by atoms with E-state index in [0.717, 1.165) is 34.5 Å². The van der Waals surface area contributed by atoms with E-state index in [1.54, 1.807) is 0 Å². The lowest BCUT2D eigenvalue weighted by Crippen LogP contribution is -2.11. The second kappa shape index (κ2) is 5.59. The summed E-state index contributed by atoms with van der Waals surface area (Å²) in [5.74, 6) is 1.51. The van der Waals surface area contributed by atoms with E-state index in [4.69, 9.17) is 5.73 Å². The summed E-state index contributed by atoms with van der Waals surface area (Å²) in [6.07, 6.45) is 2.10. The van der Waals surface area contributed by atoms with Crippen molar-refractivity contribution >= 4 is 28.4 Å². The Balaban J connectivity index is 2.84. The molecule has 0 unspecified atom stereocenters. The van der Waals surface area contributed by atoms with Crippen molar-refractivity contribution in [2.24, 2.45) is 11.3 Å². The fourth-order valence-corrected chi connectivity index (χ4v) is 2.25. The van der Waals surface area contributed by atoms with E-state index >= 15 is 0 Å². The van der Waals surface area contributed by atoms with E-state index in [1.165, 1.54) is 0 Å². The van der Waals surface area contributed by atoms with E-state index in [-0.39, 0.29) is 5.41 Å². The molecule has 17 heavy (non-hydrogen) atoms. The topological polar surface area (TPSA) is 43.8 Å². The molecule has 1 heterocycles. The van der Waals surface area contributed by atoms with E-state index in [9.17, 15) is 0 Å². The van der Waals surface area contributed by atoms with Crippen LogP contribution in [0.25, 0.3) is 0 Å². The first-order valence-corrected chi connectivity index (χ1v) is 7.29. The van der Waals surface area contributed by atoms with Crippen molar-refractivity contribution < 1.29 is 0 Å². The number of nitrogen functional groups attached to an aromatic ring is 1. The number of rotatable bonds is 4. The molecule has 1 aromatic rings. The number of halogens is 1. The molecule has 0 saturated heterocycles. The molecular weight excluding hydrogens is 325 g/mol. The number of aromatic nitrogens is 2. The van der Waals surface area contributed by atoms with Crippen molar-refractivity contribution in [1.29, 1.82) is 0 Å². The van der Waals surface area contributed by atoms with Gasteiger partial charge in [-0.3, -0.25) is 0 Å². The molecule has 0 amide bonds. The largest absolute Gasteiger partial charge is 0.383 e. The highest BCUT2D eigenvalue weighted by molar-refractivity contribution is 14.1. The molecular formula is C13H24IN3. The summed E-state index contributed by atoms with van der Waals surface area (Å²) in [7, 11) is 0. The van der Waals surface area contributed by atoms with E-state index in [2.05, 4.69) is 62.3 Å². The van der Waals surface area contributed by atoms with Gasteiger partial charge in [0.2, 0.25) is 0 Å². The van der Waals surface area contributed by atoms with E-state index in [1.807, 2.05) is 4.68 Å². The summed E-state index contributed by atoms with van der Waals surface area (Å²) in [6.45, 7) is 12.1. The Kier molecular flexibility index (Phi) is 4.86. The third-order valence-corrected chi connectivity index (χ3v) is 3.79. The molecule has 4 heteroatoms. The highest BCUT2D eigenvalue weighted by atomic mass is 127. The Morgan fingerprint density at radius 1 is 1.35 bits per heavy atom. The quantitative estimate of drug-likeness (QED) is 0.843. The summed E-state index contributed by atoms with van der Waals surface area (Å²) in [5, 5.41) is 4.65. The van der Waals surface area contributed by atoms with Gasteiger partial charge in [-0.15, -0.1) is 0 Å². The van der Waals surface area contributed by atoms with Crippen molar-refractivity contribution in [3.05, 3.63) is 9.26 Å². The summed E-state index contributed by atoms with van der Waals surface area (Å²) in [6, 6.07) is 0. The molecule has 0 aliphatic carbocycles. The van der Waals surface area contributed by atoms with Gasteiger partial charge >= 0.3 is 0 Å². The maximum absolute atomic E-state index is 6.10. The molecule has 0 saturated carbocycles. The number of nitrogens with zero attached hydrogens (tertiary/aromatic N) is 2. The first-order valence-electron chi connectivity index (χ1n) is 6.21. The average Bonchev–Trinajstić information content (AvgIpc) is 2.41. The maximum Gasteiger partial charge on any atom is 0.135 e. The number of anilines is 1. The SMILES string of the molecule is CC(C)CCn1nc(CC(C)(C)C)c(I)c1N. The Labute approximate surface area is 118 Å². The first-order chi connectivity index (χ1) is 7.70. The van der Waals surface area contributed by atoms with Gasteiger partial charge in [0.05, 0.1) is 9.26 Å². The second-order valence-corrected chi connectivity index (χ2v) is 7.37. The minimum Gasteiger partial charge on any atom is -0.383 e. The molecule has 0 aromatic carbocycles. The maximum atomic E-state index is 6.10. The zero-order valence-electron chi connectivity index (χ0n) is 11.5. The van der Waals surface area contributed by atoms with Gasteiger partial charge < -0.3 is 5.73 Å². The van der Waals surface area contributed by atoms with Crippen molar-refractivity contribution in [3.63, 3.8) is 0 Å². The standard InChI is InChI=1S/C13H24IN3/c1-9(2)6-7-17-12(15)11(14)10(16-17)8-13(3,4)5/h9H,6-8,15H2,1-5H3. The lowest BCUT2D eigenvalue weighted by molar-refractivity contribution is 0.400. The predicted octanol–water partition coefficient (Wildman–Crippen LogP) is 3.70. The fraction of sp³-hybridized carbons (Fsp3) is 0.769. The highest BCUT2D eigenvalue weighted by Crippen LogP contribution is 2.27. The van der Waals surface area contributed by atoms with Crippen LogP contribution in [0.4, 0.5) is 5.82 Å². The molecule has 98 valence electrons. The minimum atomic E-state index is 0.254. The van der Waals surface area contributed by atoms with Crippen molar-refractivity contribution in [2.75, 3.05) is 5.73 Å². The van der Waals surface area contributed by atoms with Gasteiger partial charge in [0.15, 0.2) is 0 Å². The molecule has 0 aliphatic heterocycles. The summed E-state index contributed by atoms with van der Waals surface area (Å²) in [4.78, 5) is 0. The van der Waals surface area contributed by atoms with Crippen molar-refractivity contribution in [1.82, 2.24) is 9.78 Å².